The van der Waals surface area contributed by atoms with E-state index in [1.54, 1.807) is 38.7 Å². The maximum absolute atomic E-state index is 13.7. The number of carbonyl (C=O) groups excluding carboxylic acids is 4. The molecule has 1 saturated heterocycles. The molecule has 1 N–H and O–H groups in total. The summed E-state index contributed by atoms with van der Waals surface area (Å²) in [6, 6.07) is 9.96. The lowest BCUT2D eigenvalue weighted by Gasteiger charge is -2.35. The van der Waals surface area contributed by atoms with Gasteiger partial charge >= 0.3 is 12.1 Å². The molecule has 0 bridgehead atoms. The van der Waals surface area contributed by atoms with Gasteiger partial charge in [-0.15, -0.1) is 5.06 Å². The highest BCUT2D eigenvalue weighted by atomic mass is 16.8. The van der Waals surface area contributed by atoms with Gasteiger partial charge in [-0.25, -0.2) is 14.8 Å². The zero-order valence-electron chi connectivity index (χ0n) is 26.7. The summed E-state index contributed by atoms with van der Waals surface area (Å²) in [5.41, 5.74) is 0.132. The molecule has 0 aliphatic carbocycles. The molecular weight excluding hydrogens is 568 g/mol. The second-order valence-electron chi connectivity index (χ2n) is 11.7. The molecule has 2 amide bonds. The molecule has 3 rings (SSSR count). The van der Waals surface area contributed by atoms with Crippen LogP contribution in [0.4, 0.5) is 10.6 Å². The van der Waals surface area contributed by atoms with Crippen molar-refractivity contribution in [2.45, 2.75) is 72.1 Å². The number of amides is 2. The summed E-state index contributed by atoms with van der Waals surface area (Å²) in [6.45, 7) is 12.2. The zero-order valence-corrected chi connectivity index (χ0v) is 26.7. The SMILES string of the molecule is CCOC(=O)ON1CCN(C(=O)[C@H](CCC(=O)OC(C)(C)C)NC(=O)c2cc(N(C)C(C)C)nc(-c3ccccc3)n2)CC1. The van der Waals surface area contributed by atoms with Gasteiger partial charge < -0.3 is 29.4 Å². The van der Waals surface area contributed by atoms with E-state index < -0.39 is 29.7 Å². The number of anilines is 1. The Morgan fingerprint density at radius 2 is 1.68 bits per heavy atom. The van der Waals surface area contributed by atoms with E-state index in [1.807, 2.05) is 56.1 Å². The van der Waals surface area contributed by atoms with Crippen LogP contribution < -0.4 is 10.2 Å². The van der Waals surface area contributed by atoms with Gasteiger partial charge in [0.1, 0.15) is 23.2 Å². The predicted octanol–water partition coefficient (Wildman–Crippen LogP) is 3.44. The second kappa shape index (κ2) is 15.5. The van der Waals surface area contributed by atoms with Gasteiger partial charge in [-0.1, -0.05) is 30.3 Å². The quantitative estimate of drug-likeness (QED) is 0.373. The number of hydrogen-bond donors (Lipinski definition) is 1. The molecular formula is C31H44N6O7. The number of piperazine rings is 1. The number of aromatic nitrogens is 2. The van der Waals surface area contributed by atoms with Crippen molar-refractivity contribution in [2.24, 2.45) is 0 Å². The lowest BCUT2D eigenvalue weighted by Crippen LogP contribution is -2.55. The van der Waals surface area contributed by atoms with Gasteiger partial charge in [-0.05, 0) is 48.0 Å². The fraction of sp³-hybridized carbons (Fsp3) is 0.548. The average Bonchev–Trinajstić information content (AvgIpc) is 2.98. The summed E-state index contributed by atoms with van der Waals surface area (Å²) in [5, 5.41) is 4.24. The van der Waals surface area contributed by atoms with E-state index in [2.05, 4.69) is 15.3 Å². The molecule has 0 unspecified atom stereocenters. The molecule has 1 aliphatic heterocycles. The molecule has 1 atom stereocenters. The fourth-order valence-electron chi connectivity index (χ4n) is 4.33. The molecule has 13 heteroatoms. The smallest absolute Gasteiger partial charge is 0.460 e. The van der Waals surface area contributed by atoms with Crippen molar-refractivity contribution < 1.29 is 33.5 Å². The zero-order chi connectivity index (χ0) is 32.4. The van der Waals surface area contributed by atoms with Gasteiger partial charge in [0, 0.05) is 44.2 Å². The topological polar surface area (TPSA) is 144 Å². The fourth-order valence-corrected chi connectivity index (χ4v) is 4.33. The van der Waals surface area contributed by atoms with Gasteiger partial charge in [-0.3, -0.25) is 14.4 Å². The molecule has 13 nitrogen and oxygen atoms in total. The molecule has 0 saturated carbocycles. The minimum absolute atomic E-state index is 0.0222. The van der Waals surface area contributed by atoms with Crippen LogP contribution in [-0.4, -0.2) is 101 Å². The van der Waals surface area contributed by atoms with E-state index in [4.69, 9.17) is 14.3 Å². The Hall–Kier alpha value is -4.26. The monoisotopic (exact) mass is 612 g/mol. The van der Waals surface area contributed by atoms with Gasteiger partial charge in [0.15, 0.2) is 5.82 Å². The van der Waals surface area contributed by atoms with E-state index in [1.165, 1.54) is 5.06 Å². The molecule has 1 aromatic heterocycles. The first-order valence-electron chi connectivity index (χ1n) is 14.9. The third-order valence-corrected chi connectivity index (χ3v) is 6.79. The average molecular weight is 613 g/mol. The largest absolute Gasteiger partial charge is 0.527 e. The maximum Gasteiger partial charge on any atom is 0.527 e. The van der Waals surface area contributed by atoms with Gasteiger partial charge in [0.05, 0.1) is 19.7 Å². The molecule has 240 valence electrons. The lowest BCUT2D eigenvalue weighted by molar-refractivity contribution is -0.158. The summed E-state index contributed by atoms with van der Waals surface area (Å²) < 4.78 is 10.2. The number of carbonyl (C=O) groups is 4. The van der Waals surface area contributed by atoms with Crippen molar-refractivity contribution >= 4 is 29.8 Å². The van der Waals surface area contributed by atoms with Crippen molar-refractivity contribution in [3.05, 3.63) is 42.1 Å². The first-order valence-corrected chi connectivity index (χ1v) is 14.9. The Morgan fingerprint density at radius 1 is 1.02 bits per heavy atom. The van der Waals surface area contributed by atoms with Gasteiger partial charge in [0.25, 0.3) is 5.91 Å². The number of benzene rings is 1. The predicted molar refractivity (Wildman–Crippen MR) is 164 cm³/mol. The summed E-state index contributed by atoms with van der Waals surface area (Å²) in [6.07, 6.45) is -0.869. The Labute approximate surface area is 258 Å². The van der Waals surface area contributed by atoms with Gasteiger partial charge in [-0.2, -0.15) is 0 Å². The number of nitrogens with zero attached hydrogens (tertiary/aromatic N) is 5. The van der Waals surface area contributed by atoms with Crippen LogP contribution in [0.5, 0.6) is 0 Å². The molecule has 0 radical (unpaired) electrons. The molecule has 1 fully saturated rings. The lowest BCUT2D eigenvalue weighted by atomic mass is 10.1. The van der Waals surface area contributed by atoms with Crippen LogP contribution in [0.25, 0.3) is 11.4 Å². The number of hydroxylamine groups is 2. The Kier molecular flexibility index (Phi) is 12.0. The van der Waals surface area contributed by atoms with Crippen LogP contribution in [0.2, 0.25) is 0 Å². The van der Waals surface area contributed by atoms with Crippen LogP contribution in [0.15, 0.2) is 36.4 Å². The van der Waals surface area contributed by atoms with E-state index in [-0.39, 0.29) is 63.3 Å². The highest BCUT2D eigenvalue weighted by molar-refractivity contribution is 5.97. The van der Waals surface area contributed by atoms with Crippen molar-refractivity contribution in [3.8, 4) is 11.4 Å². The molecule has 2 aromatic rings. The van der Waals surface area contributed by atoms with Gasteiger partial charge in [0.2, 0.25) is 5.91 Å². The summed E-state index contributed by atoms with van der Waals surface area (Å²) in [4.78, 5) is 69.5. The van der Waals surface area contributed by atoms with E-state index in [0.29, 0.717) is 11.6 Å². The Balaban J connectivity index is 1.83. The standard InChI is InChI=1S/C31H44N6O7/c1-8-42-30(41)44-37-18-16-36(17-19-37)29(40)23(14-15-26(38)43-31(4,5)6)33-28(39)24-20-25(35(7)21(2)3)34-27(32-24)22-12-10-9-11-13-22/h9-13,20-21,23H,8,14-19H2,1-7H3,(H,33,39)/t23-/m0/s1. The minimum Gasteiger partial charge on any atom is -0.460 e. The first-order chi connectivity index (χ1) is 20.8. The van der Waals surface area contributed by atoms with E-state index in [9.17, 15) is 19.2 Å². The molecule has 0 spiro atoms. The van der Waals surface area contributed by atoms with Crippen molar-refractivity contribution in [1.82, 2.24) is 25.2 Å². The number of ether oxygens (including phenoxy) is 2. The van der Waals surface area contributed by atoms with E-state index >= 15 is 0 Å². The van der Waals surface area contributed by atoms with E-state index in [0.717, 1.165) is 5.56 Å². The normalized spacial score (nSPS) is 14.5. The molecule has 44 heavy (non-hydrogen) atoms. The van der Waals surface area contributed by atoms with Crippen molar-refractivity contribution in [3.63, 3.8) is 0 Å². The first kappa shape index (κ1) is 34.2. The third kappa shape index (κ3) is 10.2. The van der Waals surface area contributed by atoms with Crippen LogP contribution in [0.1, 0.15) is 64.9 Å². The summed E-state index contributed by atoms with van der Waals surface area (Å²) in [5.74, 6) is -0.501. The number of esters is 1. The Bertz CT molecular complexity index is 1290. The van der Waals surface area contributed by atoms with Crippen molar-refractivity contribution in [2.75, 3.05) is 44.7 Å². The highest BCUT2D eigenvalue weighted by Crippen LogP contribution is 2.21. The van der Waals surface area contributed by atoms with Crippen LogP contribution in [0.3, 0.4) is 0 Å². The number of hydrogen-bond acceptors (Lipinski definition) is 11. The van der Waals surface area contributed by atoms with Crippen LogP contribution in [-0.2, 0) is 23.9 Å². The third-order valence-electron chi connectivity index (χ3n) is 6.79. The summed E-state index contributed by atoms with van der Waals surface area (Å²) in [7, 11) is 1.88. The molecule has 2 heterocycles. The Morgan fingerprint density at radius 3 is 2.27 bits per heavy atom. The van der Waals surface area contributed by atoms with Crippen molar-refractivity contribution in [1.29, 1.82) is 0 Å². The van der Waals surface area contributed by atoms with Crippen LogP contribution >= 0.6 is 0 Å². The number of nitrogens with one attached hydrogen (secondary N) is 1. The van der Waals surface area contributed by atoms with Crippen LogP contribution in [0, 0.1) is 0 Å². The molecule has 1 aromatic carbocycles. The number of rotatable bonds is 11. The maximum atomic E-state index is 13.7. The second-order valence-corrected chi connectivity index (χ2v) is 11.7. The molecule has 1 aliphatic rings. The minimum atomic E-state index is -1.03. The summed E-state index contributed by atoms with van der Waals surface area (Å²) >= 11 is 0. The highest BCUT2D eigenvalue weighted by Gasteiger charge is 2.32.